The van der Waals surface area contributed by atoms with Crippen molar-refractivity contribution < 1.29 is 14.3 Å². The Labute approximate surface area is 118 Å². The molecule has 0 heterocycles. The molecule has 104 valence electrons. The number of nitriles is 1. The largest absolute Gasteiger partial charge is 0.490 e. The second-order valence-corrected chi connectivity index (χ2v) is 4.26. The van der Waals surface area contributed by atoms with E-state index in [2.05, 4.69) is 6.58 Å². The first-order valence-corrected chi connectivity index (χ1v) is 6.24. The van der Waals surface area contributed by atoms with E-state index in [0.29, 0.717) is 11.3 Å². The molecule has 0 amide bonds. The van der Waals surface area contributed by atoms with Crippen LogP contribution >= 0.6 is 0 Å². The van der Waals surface area contributed by atoms with Crippen molar-refractivity contribution in [2.45, 2.75) is 20.0 Å². The van der Waals surface area contributed by atoms with Gasteiger partial charge in [-0.05, 0) is 26.0 Å². The number of benzene rings is 1. The van der Waals surface area contributed by atoms with Gasteiger partial charge in [0.15, 0.2) is 0 Å². The van der Waals surface area contributed by atoms with Gasteiger partial charge in [0.1, 0.15) is 24.0 Å². The molecule has 4 heteroatoms. The standard InChI is InChI=1S/C16H17NO3/c1-4-9-19-16(18)14(11-17)10-13-7-5-6-8-15(13)20-12(2)3/h4-8,10,12H,1,9H2,2-3H3/b14-10-. The van der Waals surface area contributed by atoms with Crippen molar-refractivity contribution in [2.75, 3.05) is 6.61 Å². The molecule has 0 aromatic heterocycles. The van der Waals surface area contributed by atoms with Crippen molar-refractivity contribution in [3.8, 4) is 11.8 Å². The van der Waals surface area contributed by atoms with E-state index in [9.17, 15) is 4.79 Å². The Balaban J connectivity index is 3.04. The van der Waals surface area contributed by atoms with Gasteiger partial charge in [-0.15, -0.1) is 0 Å². The van der Waals surface area contributed by atoms with Gasteiger partial charge >= 0.3 is 5.97 Å². The summed E-state index contributed by atoms with van der Waals surface area (Å²) in [6, 6.07) is 9.04. The van der Waals surface area contributed by atoms with E-state index in [1.54, 1.807) is 12.1 Å². The van der Waals surface area contributed by atoms with E-state index in [1.807, 2.05) is 32.0 Å². The fourth-order valence-corrected chi connectivity index (χ4v) is 1.47. The highest BCUT2D eigenvalue weighted by Gasteiger charge is 2.12. The summed E-state index contributed by atoms with van der Waals surface area (Å²) in [6.45, 7) is 7.33. The highest BCUT2D eigenvalue weighted by Crippen LogP contribution is 2.22. The number of ether oxygens (including phenoxy) is 2. The van der Waals surface area contributed by atoms with Crippen LogP contribution in [0.4, 0.5) is 0 Å². The van der Waals surface area contributed by atoms with Gasteiger partial charge in [-0.1, -0.05) is 30.9 Å². The van der Waals surface area contributed by atoms with E-state index < -0.39 is 5.97 Å². The lowest BCUT2D eigenvalue weighted by Gasteiger charge is -2.12. The predicted octanol–water partition coefficient (Wildman–Crippen LogP) is 3.11. The van der Waals surface area contributed by atoms with Gasteiger partial charge in [0.2, 0.25) is 0 Å². The molecule has 0 aliphatic heterocycles. The lowest BCUT2D eigenvalue weighted by Crippen LogP contribution is -2.08. The Hall–Kier alpha value is -2.54. The normalized spacial score (nSPS) is 10.8. The summed E-state index contributed by atoms with van der Waals surface area (Å²) in [7, 11) is 0. The quantitative estimate of drug-likeness (QED) is 0.345. The van der Waals surface area contributed by atoms with Crippen LogP contribution in [0.25, 0.3) is 6.08 Å². The van der Waals surface area contributed by atoms with Gasteiger partial charge < -0.3 is 9.47 Å². The van der Waals surface area contributed by atoms with Crippen molar-refractivity contribution in [1.29, 1.82) is 5.26 Å². The average Bonchev–Trinajstić information content (AvgIpc) is 2.43. The number of nitrogens with zero attached hydrogens (tertiary/aromatic N) is 1. The zero-order valence-electron chi connectivity index (χ0n) is 11.6. The second kappa shape index (κ2) is 7.80. The zero-order valence-corrected chi connectivity index (χ0v) is 11.6. The Kier molecular flexibility index (Phi) is 6.05. The molecule has 0 saturated carbocycles. The van der Waals surface area contributed by atoms with Crippen molar-refractivity contribution in [3.05, 3.63) is 48.1 Å². The maximum atomic E-state index is 11.7. The van der Waals surface area contributed by atoms with Crippen molar-refractivity contribution >= 4 is 12.0 Å². The SMILES string of the molecule is C=CCOC(=O)/C(C#N)=C\c1ccccc1OC(C)C. The van der Waals surface area contributed by atoms with E-state index in [1.165, 1.54) is 12.2 Å². The van der Waals surface area contributed by atoms with Crippen molar-refractivity contribution in [2.24, 2.45) is 0 Å². The summed E-state index contributed by atoms with van der Waals surface area (Å²) in [5, 5.41) is 9.04. The highest BCUT2D eigenvalue weighted by atomic mass is 16.5. The van der Waals surface area contributed by atoms with Crippen LogP contribution in [0.2, 0.25) is 0 Å². The second-order valence-electron chi connectivity index (χ2n) is 4.26. The Bertz CT molecular complexity index is 553. The minimum atomic E-state index is -0.674. The van der Waals surface area contributed by atoms with Crippen LogP contribution in [0.15, 0.2) is 42.5 Å². The lowest BCUT2D eigenvalue weighted by atomic mass is 10.1. The molecule has 0 aliphatic rings. The van der Waals surface area contributed by atoms with Gasteiger partial charge in [-0.2, -0.15) is 5.26 Å². The third-order valence-corrected chi connectivity index (χ3v) is 2.25. The molecule has 0 unspecified atom stereocenters. The number of hydrogen-bond donors (Lipinski definition) is 0. The first-order valence-electron chi connectivity index (χ1n) is 6.24. The van der Waals surface area contributed by atoms with Gasteiger partial charge in [0, 0.05) is 5.56 Å². The van der Waals surface area contributed by atoms with Crippen LogP contribution in [-0.2, 0) is 9.53 Å². The number of esters is 1. The molecule has 0 atom stereocenters. The third-order valence-electron chi connectivity index (χ3n) is 2.25. The van der Waals surface area contributed by atoms with E-state index in [4.69, 9.17) is 14.7 Å². The topological polar surface area (TPSA) is 59.3 Å². The Morgan fingerprint density at radius 2 is 2.15 bits per heavy atom. The average molecular weight is 271 g/mol. The van der Waals surface area contributed by atoms with E-state index in [-0.39, 0.29) is 18.3 Å². The van der Waals surface area contributed by atoms with E-state index in [0.717, 1.165) is 0 Å². The molecular weight excluding hydrogens is 254 g/mol. The molecule has 1 aromatic carbocycles. The summed E-state index contributed by atoms with van der Waals surface area (Å²) in [4.78, 5) is 11.7. The number of para-hydroxylation sites is 1. The Morgan fingerprint density at radius 3 is 2.75 bits per heavy atom. The summed E-state index contributed by atoms with van der Waals surface area (Å²) >= 11 is 0. The maximum Gasteiger partial charge on any atom is 0.349 e. The molecule has 20 heavy (non-hydrogen) atoms. The zero-order chi connectivity index (χ0) is 15.0. The molecule has 0 fully saturated rings. The van der Waals surface area contributed by atoms with Crippen LogP contribution in [0.1, 0.15) is 19.4 Å². The van der Waals surface area contributed by atoms with Gasteiger partial charge in [0.05, 0.1) is 6.10 Å². The van der Waals surface area contributed by atoms with Crippen molar-refractivity contribution in [1.82, 2.24) is 0 Å². The van der Waals surface area contributed by atoms with Crippen LogP contribution in [0.5, 0.6) is 5.75 Å². The summed E-state index contributed by atoms with van der Waals surface area (Å²) in [6.07, 6.45) is 2.91. The monoisotopic (exact) mass is 271 g/mol. The number of rotatable bonds is 6. The molecule has 0 saturated heterocycles. The molecule has 4 nitrogen and oxygen atoms in total. The summed E-state index contributed by atoms with van der Waals surface area (Å²) in [5.74, 6) is -0.0569. The summed E-state index contributed by atoms with van der Waals surface area (Å²) in [5.41, 5.74) is 0.583. The molecular formula is C16H17NO3. The molecule has 0 N–H and O–H groups in total. The summed E-state index contributed by atoms with van der Waals surface area (Å²) < 4.78 is 10.5. The highest BCUT2D eigenvalue weighted by molar-refractivity contribution is 5.98. The van der Waals surface area contributed by atoms with Crippen LogP contribution < -0.4 is 4.74 Å². The number of carbonyl (C=O) groups excluding carboxylic acids is 1. The minimum absolute atomic E-state index is 0.00260. The molecule has 1 rings (SSSR count). The molecule has 0 aliphatic carbocycles. The minimum Gasteiger partial charge on any atom is -0.490 e. The smallest absolute Gasteiger partial charge is 0.349 e. The number of carbonyl (C=O) groups is 1. The molecule has 0 spiro atoms. The lowest BCUT2D eigenvalue weighted by molar-refractivity contribution is -0.137. The molecule has 1 aromatic rings. The van der Waals surface area contributed by atoms with Crippen molar-refractivity contribution in [3.63, 3.8) is 0 Å². The molecule has 0 bridgehead atoms. The fourth-order valence-electron chi connectivity index (χ4n) is 1.47. The van der Waals surface area contributed by atoms with Crippen LogP contribution in [0.3, 0.4) is 0 Å². The maximum absolute atomic E-state index is 11.7. The van der Waals surface area contributed by atoms with Crippen LogP contribution in [0, 0.1) is 11.3 Å². The first kappa shape index (κ1) is 15.5. The van der Waals surface area contributed by atoms with Gasteiger partial charge in [-0.3, -0.25) is 0 Å². The number of hydrogen-bond acceptors (Lipinski definition) is 4. The fraction of sp³-hybridized carbons (Fsp3) is 0.250. The first-order chi connectivity index (χ1) is 9.58. The van der Waals surface area contributed by atoms with Gasteiger partial charge in [0.25, 0.3) is 0 Å². The van der Waals surface area contributed by atoms with E-state index >= 15 is 0 Å². The Morgan fingerprint density at radius 1 is 1.45 bits per heavy atom. The third kappa shape index (κ3) is 4.62. The van der Waals surface area contributed by atoms with Gasteiger partial charge in [-0.25, -0.2) is 4.79 Å². The van der Waals surface area contributed by atoms with Crippen LogP contribution in [-0.4, -0.2) is 18.7 Å². The molecule has 0 radical (unpaired) electrons. The predicted molar refractivity (Wildman–Crippen MR) is 77.0 cm³/mol.